The van der Waals surface area contributed by atoms with Crippen molar-refractivity contribution in [1.82, 2.24) is 9.97 Å². The van der Waals surface area contributed by atoms with Crippen LogP contribution in [0.5, 0.6) is 5.75 Å². The van der Waals surface area contributed by atoms with Gasteiger partial charge in [-0.15, -0.1) is 0 Å². The Balaban J connectivity index is 2.29. The second kappa shape index (κ2) is 6.18. The Kier molecular flexibility index (Phi) is 4.34. The highest BCUT2D eigenvalue weighted by Gasteiger charge is 2.07. The monoisotopic (exact) mass is 276 g/mol. The van der Waals surface area contributed by atoms with E-state index in [0.29, 0.717) is 23.1 Å². The van der Waals surface area contributed by atoms with Gasteiger partial charge in [0.2, 0.25) is 0 Å². The third-order valence-electron chi connectivity index (χ3n) is 2.62. The van der Waals surface area contributed by atoms with Gasteiger partial charge in [0, 0.05) is 18.7 Å². The van der Waals surface area contributed by atoms with Gasteiger partial charge in [-0.3, -0.25) is 0 Å². The van der Waals surface area contributed by atoms with Crippen LogP contribution in [0.2, 0.25) is 0 Å². The van der Waals surface area contributed by atoms with E-state index in [1.165, 1.54) is 19.2 Å². The standard InChI is InChI=1S/C14H17FN4O/c1-4-16-13-8-14(18-9(2)17-13)19-11-6-5-10(15)7-12(11)20-3/h5-8H,4H2,1-3H3,(H2,16,17,18,19). The van der Waals surface area contributed by atoms with Crippen LogP contribution in [-0.4, -0.2) is 23.6 Å². The summed E-state index contributed by atoms with van der Waals surface area (Å²) >= 11 is 0. The molecule has 1 aromatic carbocycles. The van der Waals surface area contributed by atoms with Crippen LogP contribution in [0.1, 0.15) is 12.7 Å². The highest BCUT2D eigenvalue weighted by atomic mass is 19.1. The van der Waals surface area contributed by atoms with Crippen LogP contribution >= 0.6 is 0 Å². The summed E-state index contributed by atoms with van der Waals surface area (Å²) in [6.45, 7) is 4.58. The minimum atomic E-state index is -0.348. The van der Waals surface area contributed by atoms with E-state index in [0.717, 1.165) is 12.4 Å². The number of hydrogen-bond acceptors (Lipinski definition) is 5. The summed E-state index contributed by atoms with van der Waals surface area (Å²) in [6.07, 6.45) is 0. The molecule has 2 aromatic rings. The zero-order chi connectivity index (χ0) is 14.5. The van der Waals surface area contributed by atoms with E-state index < -0.39 is 0 Å². The largest absolute Gasteiger partial charge is 0.494 e. The molecule has 0 aliphatic carbocycles. The fourth-order valence-corrected chi connectivity index (χ4v) is 1.81. The van der Waals surface area contributed by atoms with Gasteiger partial charge in [0.05, 0.1) is 12.8 Å². The van der Waals surface area contributed by atoms with Gasteiger partial charge in [-0.2, -0.15) is 0 Å². The minimum Gasteiger partial charge on any atom is -0.494 e. The summed E-state index contributed by atoms with van der Waals surface area (Å²) in [5, 5.41) is 6.24. The Labute approximate surface area is 117 Å². The summed E-state index contributed by atoms with van der Waals surface area (Å²) in [5.74, 6) is 2.08. The molecular weight excluding hydrogens is 259 g/mol. The number of rotatable bonds is 5. The first kappa shape index (κ1) is 14.0. The van der Waals surface area contributed by atoms with E-state index in [-0.39, 0.29) is 5.82 Å². The van der Waals surface area contributed by atoms with Crippen molar-refractivity contribution < 1.29 is 9.13 Å². The lowest BCUT2D eigenvalue weighted by Gasteiger charge is -2.12. The van der Waals surface area contributed by atoms with Crippen molar-refractivity contribution in [1.29, 1.82) is 0 Å². The van der Waals surface area contributed by atoms with Crippen molar-refractivity contribution in [2.75, 3.05) is 24.3 Å². The van der Waals surface area contributed by atoms with E-state index in [2.05, 4.69) is 20.6 Å². The second-order valence-corrected chi connectivity index (χ2v) is 4.19. The van der Waals surface area contributed by atoms with Crippen molar-refractivity contribution in [3.63, 3.8) is 0 Å². The predicted molar refractivity (Wildman–Crippen MR) is 77.2 cm³/mol. The van der Waals surface area contributed by atoms with Crippen LogP contribution in [-0.2, 0) is 0 Å². The van der Waals surface area contributed by atoms with Crippen molar-refractivity contribution in [2.24, 2.45) is 0 Å². The van der Waals surface area contributed by atoms with Crippen molar-refractivity contribution >= 4 is 17.3 Å². The summed E-state index contributed by atoms with van der Waals surface area (Å²) in [6, 6.07) is 6.09. The van der Waals surface area contributed by atoms with Gasteiger partial charge in [-0.25, -0.2) is 14.4 Å². The number of nitrogens with zero attached hydrogens (tertiary/aromatic N) is 2. The summed E-state index contributed by atoms with van der Waals surface area (Å²) in [7, 11) is 1.50. The molecule has 20 heavy (non-hydrogen) atoms. The predicted octanol–water partition coefficient (Wildman–Crippen LogP) is 3.11. The van der Waals surface area contributed by atoms with Gasteiger partial charge in [-0.1, -0.05) is 0 Å². The fraction of sp³-hybridized carbons (Fsp3) is 0.286. The zero-order valence-corrected chi connectivity index (χ0v) is 11.7. The Morgan fingerprint density at radius 3 is 2.65 bits per heavy atom. The molecule has 0 unspecified atom stereocenters. The molecule has 6 heteroatoms. The maximum atomic E-state index is 13.2. The first-order chi connectivity index (χ1) is 9.62. The van der Waals surface area contributed by atoms with Crippen LogP contribution in [0.25, 0.3) is 0 Å². The van der Waals surface area contributed by atoms with Crippen LogP contribution in [0, 0.1) is 12.7 Å². The molecule has 0 bridgehead atoms. The lowest BCUT2D eigenvalue weighted by molar-refractivity contribution is 0.413. The first-order valence-electron chi connectivity index (χ1n) is 6.32. The average molecular weight is 276 g/mol. The SMILES string of the molecule is CCNc1cc(Nc2ccc(F)cc2OC)nc(C)n1. The second-order valence-electron chi connectivity index (χ2n) is 4.19. The molecule has 0 fully saturated rings. The summed E-state index contributed by atoms with van der Waals surface area (Å²) in [4.78, 5) is 8.57. The zero-order valence-electron chi connectivity index (χ0n) is 11.7. The molecule has 0 saturated heterocycles. The van der Waals surface area contributed by atoms with Gasteiger partial charge < -0.3 is 15.4 Å². The Morgan fingerprint density at radius 1 is 1.20 bits per heavy atom. The van der Waals surface area contributed by atoms with E-state index in [1.54, 1.807) is 12.1 Å². The topological polar surface area (TPSA) is 59.1 Å². The molecule has 0 amide bonds. The maximum Gasteiger partial charge on any atom is 0.145 e. The summed E-state index contributed by atoms with van der Waals surface area (Å²) in [5.41, 5.74) is 0.648. The van der Waals surface area contributed by atoms with Gasteiger partial charge in [0.1, 0.15) is 29.0 Å². The molecule has 1 heterocycles. The fourth-order valence-electron chi connectivity index (χ4n) is 1.81. The highest BCUT2D eigenvalue weighted by Crippen LogP contribution is 2.28. The normalized spacial score (nSPS) is 10.2. The smallest absolute Gasteiger partial charge is 0.145 e. The van der Waals surface area contributed by atoms with Crippen LogP contribution in [0.15, 0.2) is 24.3 Å². The highest BCUT2D eigenvalue weighted by molar-refractivity contribution is 5.65. The number of methoxy groups -OCH3 is 1. The Bertz CT molecular complexity index is 604. The number of halogens is 1. The van der Waals surface area contributed by atoms with E-state index >= 15 is 0 Å². The third kappa shape index (κ3) is 3.34. The minimum absolute atomic E-state index is 0.348. The van der Waals surface area contributed by atoms with E-state index in [1.807, 2.05) is 13.8 Å². The molecule has 106 valence electrons. The molecule has 2 N–H and O–H groups in total. The van der Waals surface area contributed by atoms with Gasteiger partial charge in [-0.05, 0) is 26.0 Å². The van der Waals surface area contributed by atoms with E-state index in [4.69, 9.17) is 4.74 Å². The number of anilines is 3. The lowest BCUT2D eigenvalue weighted by Crippen LogP contribution is -2.04. The van der Waals surface area contributed by atoms with Crippen molar-refractivity contribution in [2.45, 2.75) is 13.8 Å². The molecule has 0 aliphatic rings. The third-order valence-corrected chi connectivity index (χ3v) is 2.62. The van der Waals surface area contributed by atoms with Gasteiger partial charge in [0.15, 0.2) is 0 Å². The molecule has 0 atom stereocenters. The number of aromatic nitrogens is 2. The quantitative estimate of drug-likeness (QED) is 0.878. The first-order valence-corrected chi connectivity index (χ1v) is 6.32. The molecule has 0 aliphatic heterocycles. The van der Waals surface area contributed by atoms with Gasteiger partial charge in [0.25, 0.3) is 0 Å². The number of hydrogen-bond donors (Lipinski definition) is 2. The number of nitrogens with one attached hydrogen (secondary N) is 2. The van der Waals surface area contributed by atoms with Gasteiger partial charge >= 0.3 is 0 Å². The molecule has 0 radical (unpaired) electrons. The molecule has 2 rings (SSSR count). The Hall–Kier alpha value is -2.37. The molecule has 1 aromatic heterocycles. The average Bonchev–Trinajstić information content (AvgIpc) is 2.40. The number of benzene rings is 1. The number of ether oxygens (including phenoxy) is 1. The number of aryl methyl sites for hydroxylation is 1. The van der Waals surface area contributed by atoms with E-state index in [9.17, 15) is 4.39 Å². The van der Waals surface area contributed by atoms with Crippen molar-refractivity contribution in [3.05, 3.63) is 35.9 Å². The molecule has 0 saturated carbocycles. The van der Waals surface area contributed by atoms with Crippen LogP contribution in [0.4, 0.5) is 21.7 Å². The summed E-state index contributed by atoms with van der Waals surface area (Å²) < 4.78 is 18.3. The molecule has 0 spiro atoms. The van der Waals surface area contributed by atoms with Crippen molar-refractivity contribution in [3.8, 4) is 5.75 Å². The molecular formula is C14H17FN4O. The van der Waals surface area contributed by atoms with Crippen LogP contribution in [0.3, 0.4) is 0 Å². The van der Waals surface area contributed by atoms with Crippen LogP contribution < -0.4 is 15.4 Å². The molecule has 5 nitrogen and oxygen atoms in total. The maximum absolute atomic E-state index is 13.2. The lowest BCUT2D eigenvalue weighted by atomic mass is 10.3. The Morgan fingerprint density at radius 2 is 1.95 bits per heavy atom.